The Morgan fingerprint density at radius 3 is 2.07 bits per heavy atom. The maximum absolute atomic E-state index is 9.86. The molecule has 0 saturated carbocycles. The number of hydrogen-bond acceptors (Lipinski definition) is 2. The van der Waals surface area contributed by atoms with E-state index in [9.17, 15) is 11.0 Å². The van der Waals surface area contributed by atoms with E-state index in [4.69, 9.17) is 14.0 Å². The Bertz CT molecular complexity index is 4030. The van der Waals surface area contributed by atoms with Crippen molar-refractivity contribution in [1.29, 1.82) is 0 Å². The van der Waals surface area contributed by atoms with E-state index < -0.39 is 119 Å². The van der Waals surface area contributed by atoms with Crippen LogP contribution in [0.3, 0.4) is 0 Å². The summed E-state index contributed by atoms with van der Waals surface area (Å²) in [6, 6.07) is 32.6. The van der Waals surface area contributed by atoms with Gasteiger partial charge in [-0.1, -0.05) is 188 Å². The van der Waals surface area contributed by atoms with Crippen molar-refractivity contribution in [3.05, 3.63) is 229 Å². The first-order valence-electron chi connectivity index (χ1n) is 26.4. The van der Waals surface area contributed by atoms with Crippen molar-refractivity contribution in [3.63, 3.8) is 0 Å². The zero-order valence-corrected chi connectivity index (χ0v) is 30.7. The highest BCUT2D eigenvalue weighted by Gasteiger charge is 2.23. The monoisotopic (exact) mass is 756 g/mol. The summed E-state index contributed by atoms with van der Waals surface area (Å²) >= 11 is 0. The standard InChI is InChI=1S/C56H39NO/c1-2-14-41(15-3-1)47-20-8-10-26-53(47)57(44-35-32-39(33-36-44)38-28-30-43(31-29-38)46-23-12-18-40-16-4-6-19-45(40)46)54-27-11-9-22-49(54)50-24-13-25-51-52-37-34-42-17-5-7-21-48(42)55(52)58-56(50)51/h1-30,32-37,43H,31H2/i4D,6D,12D,16D,18D,19D,23D,28D,29D,30D,31D,32D,33D,35D,36D. The van der Waals surface area contributed by atoms with E-state index >= 15 is 0 Å². The molecule has 1 heterocycles. The van der Waals surface area contributed by atoms with E-state index in [0.29, 0.717) is 39.2 Å². The summed E-state index contributed by atoms with van der Waals surface area (Å²) < 4.78 is 144. The molecule has 0 saturated heterocycles. The molecule has 274 valence electrons. The molecule has 0 aliphatic heterocycles. The third kappa shape index (κ3) is 5.81. The van der Waals surface area contributed by atoms with Crippen LogP contribution in [0.1, 0.15) is 44.0 Å². The Balaban J connectivity index is 1.14. The van der Waals surface area contributed by atoms with Gasteiger partial charge in [0.1, 0.15) is 11.2 Å². The van der Waals surface area contributed by atoms with Gasteiger partial charge in [-0.15, -0.1) is 0 Å². The van der Waals surface area contributed by atoms with Crippen molar-refractivity contribution in [2.75, 3.05) is 4.90 Å². The molecule has 2 nitrogen and oxygen atoms in total. The largest absolute Gasteiger partial charge is 0.455 e. The van der Waals surface area contributed by atoms with Crippen LogP contribution in [0.5, 0.6) is 0 Å². The number of anilines is 3. The van der Waals surface area contributed by atoms with Crippen LogP contribution in [-0.2, 0) is 0 Å². The summed E-state index contributed by atoms with van der Waals surface area (Å²) in [6.07, 6.45) is -1.90. The van der Waals surface area contributed by atoms with Gasteiger partial charge in [-0.3, -0.25) is 0 Å². The first-order chi connectivity index (χ1) is 35.0. The fourth-order valence-corrected chi connectivity index (χ4v) is 7.83. The number of nitrogens with zero attached hydrogens (tertiary/aromatic N) is 1. The second-order valence-electron chi connectivity index (χ2n) is 13.9. The van der Waals surface area contributed by atoms with E-state index in [-0.39, 0.29) is 11.1 Å². The molecule has 0 N–H and O–H groups in total. The van der Waals surface area contributed by atoms with Gasteiger partial charge < -0.3 is 9.32 Å². The lowest BCUT2D eigenvalue weighted by atomic mass is 9.86. The van der Waals surface area contributed by atoms with E-state index in [0.717, 1.165) is 27.1 Å². The number of para-hydroxylation sites is 3. The Hall–Kier alpha value is -7.42. The minimum atomic E-state index is -1.90. The third-order valence-electron chi connectivity index (χ3n) is 10.5. The highest BCUT2D eigenvalue weighted by molar-refractivity contribution is 6.17. The molecule has 2 atom stereocenters. The SMILES string of the molecule is [2H]C1=C([2H])C(c2c([2H])c([2H])c([2H])c3c([2H])c([2H])c([2H])c([2H])c23)C([2H])C([2H])=C1c1c([2H])c([2H])c(N(c2ccccc2-c2ccccc2)c2ccccc2-c2cccc3c2oc2c4ccccc4ccc32)c([2H])c1[2H]. The summed E-state index contributed by atoms with van der Waals surface area (Å²) in [5, 5.41) is 2.92. The third-order valence-corrected chi connectivity index (χ3v) is 10.5. The average Bonchev–Trinajstić information content (AvgIpc) is 3.80. The summed E-state index contributed by atoms with van der Waals surface area (Å²) in [6.45, 7) is 0. The van der Waals surface area contributed by atoms with Crippen molar-refractivity contribution in [3.8, 4) is 22.3 Å². The first-order valence-corrected chi connectivity index (χ1v) is 18.8. The van der Waals surface area contributed by atoms with Crippen LogP contribution in [-0.4, -0.2) is 0 Å². The van der Waals surface area contributed by atoms with Crippen molar-refractivity contribution in [2.45, 2.75) is 12.3 Å². The van der Waals surface area contributed by atoms with Crippen LogP contribution < -0.4 is 4.90 Å². The van der Waals surface area contributed by atoms with Crippen molar-refractivity contribution < 1.29 is 25.0 Å². The van der Waals surface area contributed by atoms with Gasteiger partial charge in [0.15, 0.2) is 0 Å². The summed E-state index contributed by atoms with van der Waals surface area (Å²) in [4.78, 5) is 1.67. The smallest absolute Gasteiger partial charge is 0.143 e. The quantitative estimate of drug-likeness (QED) is 0.161. The summed E-state index contributed by atoms with van der Waals surface area (Å²) in [7, 11) is 0. The van der Waals surface area contributed by atoms with Crippen LogP contribution in [0.15, 0.2) is 223 Å². The van der Waals surface area contributed by atoms with Crippen LogP contribution in [0.4, 0.5) is 17.1 Å². The molecule has 9 aromatic carbocycles. The van der Waals surface area contributed by atoms with Gasteiger partial charge in [-0.25, -0.2) is 0 Å². The molecule has 1 aliphatic rings. The Morgan fingerprint density at radius 2 is 1.19 bits per heavy atom. The number of furan rings is 1. The molecule has 11 rings (SSSR count). The second-order valence-corrected chi connectivity index (χ2v) is 13.9. The zero-order valence-electron chi connectivity index (χ0n) is 45.7. The number of hydrogen-bond donors (Lipinski definition) is 0. The van der Waals surface area contributed by atoms with E-state index in [1.807, 2.05) is 133 Å². The lowest BCUT2D eigenvalue weighted by molar-refractivity contribution is 0.674. The lowest BCUT2D eigenvalue weighted by Crippen LogP contribution is -2.12. The first kappa shape index (κ1) is 21.8. The highest BCUT2D eigenvalue weighted by atomic mass is 16.3. The average molecular weight is 757 g/mol. The predicted octanol–water partition coefficient (Wildman–Crippen LogP) is 15.8. The molecule has 0 radical (unpaired) electrons. The van der Waals surface area contributed by atoms with E-state index in [2.05, 4.69) is 0 Å². The van der Waals surface area contributed by atoms with Gasteiger partial charge in [-0.05, 0) is 75.1 Å². The highest BCUT2D eigenvalue weighted by Crippen LogP contribution is 2.47. The second kappa shape index (κ2) is 14.3. The normalized spacial score (nSPS) is 19.4. The number of fused-ring (bicyclic) bond motifs is 6. The maximum atomic E-state index is 9.86. The minimum absolute atomic E-state index is 0.180. The Morgan fingerprint density at radius 1 is 0.500 bits per heavy atom. The Kier molecular flexibility index (Phi) is 5.35. The summed E-state index contributed by atoms with van der Waals surface area (Å²) in [5.74, 6) is -1.73. The van der Waals surface area contributed by atoms with Crippen LogP contribution >= 0.6 is 0 Å². The molecule has 10 aromatic rings. The molecule has 0 fully saturated rings. The van der Waals surface area contributed by atoms with Crippen LogP contribution in [0.2, 0.25) is 0 Å². The van der Waals surface area contributed by atoms with Crippen molar-refractivity contribution in [2.24, 2.45) is 0 Å². The van der Waals surface area contributed by atoms with Gasteiger partial charge in [-0.2, -0.15) is 0 Å². The van der Waals surface area contributed by atoms with Crippen molar-refractivity contribution >= 4 is 66.1 Å². The maximum Gasteiger partial charge on any atom is 0.143 e. The lowest BCUT2D eigenvalue weighted by Gasteiger charge is -2.30. The number of allylic oxidation sites excluding steroid dienone is 4. The van der Waals surface area contributed by atoms with E-state index in [1.54, 1.807) is 4.90 Å². The minimum Gasteiger partial charge on any atom is -0.455 e. The van der Waals surface area contributed by atoms with Gasteiger partial charge in [0.05, 0.1) is 30.6 Å². The van der Waals surface area contributed by atoms with Gasteiger partial charge >= 0.3 is 0 Å². The van der Waals surface area contributed by atoms with Gasteiger partial charge in [0.2, 0.25) is 0 Å². The zero-order chi connectivity index (χ0) is 51.5. The molecule has 58 heavy (non-hydrogen) atoms. The summed E-state index contributed by atoms with van der Waals surface area (Å²) in [5.41, 5.74) is 3.40. The fourth-order valence-electron chi connectivity index (χ4n) is 7.83. The van der Waals surface area contributed by atoms with Crippen LogP contribution in [0.25, 0.3) is 71.3 Å². The molecule has 2 unspecified atom stereocenters. The molecule has 0 amide bonds. The number of benzene rings is 9. The predicted molar refractivity (Wildman–Crippen MR) is 245 cm³/mol. The molecule has 1 aromatic heterocycles. The molecule has 0 bridgehead atoms. The van der Waals surface area contributed by atoms with Crippen molar-refractivity contribution in [1.82, 2.24) is 0 Å². The molecule has 0 spiro atoms. The molecule has 2 heteroatoms. The molecular weight excluding hydrogens is 703 g/mol. The molecule has 1 aliphatic carbocycles. The molecular formula is C56H39NO. The number of rotatable bonds is 7. The van der Waals surface area contributed by atoms with Crippen LogP contribution in [0, 0.1) is 0 Å². The fraction of sp³-hybridized carbons (Fsp3) is 0.0357. The Labute approximate surface area is 359 Å². The topological polar surface area (TPSA) is 16.4 Å². The van der Waals surface area contributed by atoms with Gasteiger partial charge in [0.25, 0.3) is 0 Å². The van der Waals surface area contributed by atoms with Gasteiger partial charge in [0, 0.05) is 45.8 Å². The van der Waals surface area contributed by atoms with E-state index in [1.165, 1.54) is 0 Å².